The van der Waals surface area contributed by atoms with Gasteiger partial charge in [-0.25, -0.2) is 4.98 Å². The van der Waals surface area contributed by atoms with Crippen molar-refractivity contribution in [1.82, 2.24) is 9.97 Å². The third-order valence-corrected chi connectivity index (χ3v) is 4.34. The van der Waals surface area contributed by atoms with E-state index in [1.165, 1.54) is 16.8 Å². The lowest BCUT2D eigenvalue weighted by Gasteiger charge is -2.18. The van der Waals surface area contributed by atoms with E-state index in [4.69, 9.17) is 0 Å². The maximum Gasteiger partial charge on any atom is 0.224 e. The van der Waals surface area contributed by atoms with E-state index in [1.54, 1.807) is 0 Å². The van der Waals surface area contributed by atoms with Crippen molar-refractivity contribution in [1.29, 1.82) is 0 Å². The molecule has 1 aliphatic rings. The van der Waals surface area contributed by atoms with Crippen molar-refractivity contribution in [3.8, 4) is 0 Å². The fourth-order valence-corrected chi connectivity index (χ4v) is 3.12. The number of benzene rings is 2. The van der Waals surface area contributed by atoms with Crippen molar-refractivity contribution in [3.05, 3.63) is 78.0 Å². The summed E-state index contributed by atoms with van der Waals surface area (Å²) in [5, 5.41) is 3.33. The summed E-state index contributed by atoms with van der Waals surface area (Å²) in [6, 6.07) is 21.0. The van der Waals surface area contributed by atoms with Gasteiger partial charge in [0.2, 0.25) is 5.95 Å². The highest BCUT2D eigenvalue weighted by atomic mass is 15.2. The normalized spacial score (nSPS) is 12.9. The maximum absolute atomic E-state index is 4.69. The van der Waals surface area contributed by atoms with Crippen LogP contribution in [0.15, 0.2) is 66.9 Å². The average molecular weight is 316 g/mol. The highest BCUT2D eigenvalue weighted by molar-refractivity contribution is 5.67. The second-order valence-electron chi connectivity index (χ2n) is 5.93. The first kappa shape index (κ1) is 14.7. The van der Waals surface area contributed by atoms with Crippen LogP contribution in [0.3, 0.4) is 0 Å². The van der Waals surface area contributed by atoms with Gasteiger partial charge >= 0.3 is 0 Å². The Morgan fingerprint density at radius 3 is 2.71 bits per heavy atom. The van der Waals surface area contributed by atoms with Crippen molar-refractivity contribution in [2.24, 2.45) is 0 Å². The summed E-state index contributed by atoms with van der Waals surface area (Å²) in [6.45, 7) is 1.80. The Morgan fingerprint density at radius 1 is 0.958 bits per heavy atom. The molecule has 0 bridgehead atoms. The van der Waals surface area contributed by atoms with E-state index in [0.717, 1.165) is 31.7 Å². The Bertz CT molecular complexity index is 817. The molecule has 2 aromatic carbocycles. The van der Waals surface area contributed by atoms with Gasteiger partial charge in [0.15, 0.2) is 0 Å². The van der Waals surface area contributed by atoms with Gasteiger partial charge in [-0.15, -0.1) is 0 Å². The lowest BCUT2D eigenvalue weighted by Crippen LogP contribution is -2.16. The molecule has 0 spiro atoms. The van der Waals surface area contributed by atoms with Crippen molar-refractivity contribution >= 4 is 17.5 Å². The Hall–Kier alpha value is -2.88. The molecule has 0 fully saturated rings. The molecular formula is C20H20N4. The van der Waals surface area contributed by atoms with Crippen LogP contribution in [0.1, 0.15) is 11.1 Å². The highest BCUT2D eigenvalue weighted by Gasteiger charge is 2.20. The first-order valence-electron chi connectivity index (χ1n) is 8.36. The molecule has 1 N–H and O–H groups in total. The van der Waals surface area contributed by atoms with Crippen LogP contribution in [0.5, 0.6) is 0 Å². The van der Waals surface area contributed by atoms with Crippen LogP contribution in [0.4, 0.5) is 17.5 Å². The molecule has 0 aliphatic carbocycles. The quantitative estimate of drug-likeness (QED) is 0.777. The Morgan fingerprint density at radius 2 is 1.79 bits per heavy atom. The van der Waals surface area contributed by atoms with E-state index < -0.39 is 0 Å². The minimum Gasteiger partial charge on any atom is -0.354 e. The monoisotopic (exact) mass is 316 g/mol. The highest BCUT2D eigenvalue weighted by Crippen LogP contribution is 2.33. The summed E-state index contributed by atoms with van der Waals surface area (Å²) in [5.41, 5.74) is 3.95. The largest absolute Gasteiger partial charge is 0.354 e. The molecule has 1 aromatic heterocycles. The van der Waals surface area contributed by atoms with Crippen molar-refractivity contribution < 1.29 is 0 Å². The zero-order chi connectivity index (χ0) is 16.2. The summed E-state index contributed by atoms with van der Waals surface area (Å²) >= 11 is 0. The molecule has 4 heteroatoms. The minimum atomic E-state index is 0.688. The van der Waals surface area contributed by atoms with Gasteiger partial charge in [-0.05, 0) is 36.1 Å². The maximum atomic E-state index is 4.69. The van der Waals surface area contributed by atoms with Crippen LogP contribution < -0.4 is 10.2 Å². The van der Waals surface area contributed by atoms with Gasteiger partial charge in [0.25, 0.3) is 0 Å². The van der Waals surface area contributed by atoms with E-state index in [2.05, 4.69) is 68.7 Å². The number of nitrogens with one attached hydrogen (secondary N) is 1. The second-order valence-corrected chi connectivity index (χ2v) is 5.93. The van der Waals surface area contributed by atoms with Gasteiger partial charge in [-0.2, -0.15) is 4.98 Å². The molecule has 0 saturated carbocycles. The molecule has 2 heterocycles. The van der Waals surface area contributed by atoms with E-state index in [9.17, 15) is 0 Å². The lowest BCUT2D eigenvalue weighted by molar-refractivity contribution is 0.947. The molecule has 24 heavy (non-hydrogen) atoms. The smallest absolute Gasteiger partial charge is 0.224 e. The third-order valence-electron chi connectivity index (χ3n) is 4.34. The molecule has 4 nitrogen and oxygen atoms in total. The molecule has 0 amide bonds. The number of fused-ring (bicyclic) bond motifs is 1. The molecule has 3 aromatic rings. The van der Waals surface area contributed by atoms with E-state index in [0.29, 0.717) is 5.95 Å². The summed E-state index contributed by atoms with van der Waals surface area (Å²) in [6.07, 6.45) is 3.85. The summed E-state index contributed by atoms with van der Waals surface area (Å²) in [4.78, 5) is 11.3. The second kappa shape index (κ2) is 6.71. The first-order valence-corrected chi connectivity index (χ1v) is 8.36. The predicted molar refractivity (Wildman–Crippen MR) is 97.8 cm³/mol. The number of aromatic nitrogens is 2. The van der Waals surface area contributed by atoms with E-state index in [1.807, 2.05) is 18.3 Å². The van der Waals surface area contributed by atoms with Gasteiger partial charge < -0.3 is 10.2 Å². The zero-order valence-corrected chi connectivity index (χ0v) is 13.5. The number of para-hydroxylation sites is 1. The molecular weight excluding hydrogens is 296 g/mol. The van der Waals surface area contributed by atoms with Crippen LogP contribution in [0.2, 0.25) is 0 Å². The number of rotatable bonds is 5. The summed E-state index contributed by atoms with van der Waals surface area (Å²) in [7, 11) is 0. The minimum absolute atomic E-state index is 0.688. The van der Waals surface area contributed by atoms with Gasteiger partial charge in [-0.3, -0.25) is 0 Å². The molecule has 120 valence electrons. The summed E-state index contributed by atoms with van der Waals surface area (Å²) < 4.78 is 0. The molecule has 4 rings (SSSR count). The van der Waals surface area contributed by atoms with Crippen LogP contribution in [0.25, 0.3) is 0 Å². The molecule has 0 radical (unpaired) electrons. The number of hydrogen-bond acceptors (Lipinski definition) is 4. The van der Waals surface area contributed by atoms with Crippen LogP contribution in [-0.4, -0.2) is 23.1 Å². The van der Waals surface area contributed by atoms with Gasteiger partial charge in [0.1, 0.15) is 5.82 Å². The first-order chi connectivity index (χ1) is 11.9. The molecule has 0 unspecified atom stereocenters. The Labute approximate surface area is 142 Å². The van der Waals surface area contributed by atoms with Crippen LogP contribution >= 0.6 is 0 Å². The van der Waals surface area contributed by atoms with Gasteiger partial charge in [-0.1, -0.05) is 48.5 Å². The van der Waals surface area contributed by atoms with E-state index in [-0.39, 0.29) is 0 Å². The summed E-state index contributed by atoms with van der Waals surface area (Å²) in [5.74, 6) is 1.64. The topological polar surface area (TPSA) is 41.1 Å². The molecule has 0 atom stereocenters. The lowest BCUT2D eigenvalue weighted by atomic mass is 10.1. The standard InChI is InChI=1S/C20H20N4/c1-2-6-16(7-3-1)10-13-21-20-22-14-11-19(23-20)24-15-12-17-8-4-5-9-18(17)24/h1-9,11,14H,10,12-13,15H2,(H,21,22,23). The Kier molecular flexibility index (Phi) is 4.11. The number of hydrogen-bond donors (Lipinski definition) is 1. The average Bonchev–Trinajstić information content (AvgIpc) is 3.07. The van der Waals surface area contributed by atoms with Crippen LogP contribution in [0, 0.1) is 0 Å². The third kappa shape index (κ3) is 3.08. The van der Waals surface area contributed by atoms with Crippen LogP contribution in [-0.2, 0) is 12.8 Å². The van der Waals surface area contributed by atoms with Crippen molar-refractivity contribution in [2.75, 3.05) is 23.3 Å². The number of nitrogens with zero attached hydrogens (tertiary/aromatic N) is 3. The SMILES string of the molecule is c1ccc(CCNc2nccc(N3CCc4ccccc43)n2)cc1. The fraction of sp³-hybridized carbons (Fsp3) is 0.200. The predicted octanol–water partition coefficient (Wildman–Crippen LogP) is 3.83. The number of anilines is 3. The van der Waals surface area contributed by atoms with Crippen molar-refractivity contribution in [2.45, 2.75) is 12.8 Å². The zero-order valence-electron chi connectivity index (χ0n) is 13.5. The fourth-order valence-electron chi connectivity index (χ4n) is 3.12. The van der Waals surface area contributed by atoms with E-state index >= 15 is 0 Å². The van der Waals surface area contributed by atoms with Gasteiger partial charge in [0.05, 0.1) is 0 Å². The van der Waals surface area contributed by atoms with Crippen molar-refractivity contribution in [3.63, 3.8) is 0 Å². The molecule has 1 aliphatic heterocycles. The Balaban J connectivity index is 1.45. The van der Waals surface area contributed by atoms with Gasteiger partial charge in [0, 0.05) is 25.0 Å². The molecule has 0 saturated heterocycles.